The summed E-state index contributed by atoms with van der Waals surface area (Å²) in [7, 11) is -4.19. The number of nitrogens with one attached hydrogen (secondary N) is 1. The smallest absolute Gasteiger partial charge is 0.264 e. The topological polar surface area (TPSA) is 96.0 Å². The van der Waals surface area contributed by atoms with Gasteiger partial charge in [0.1, 0.15) is 24.2 Å². The second-order valence-corrected chi connectivity index (χ2v) is 11.1. The van der Waals surface area contributed by atoms with Crippen LogP contribution in [0.25, 0.3) is 0 Å². The van der Waals surface area contributed by atoms with Crippen molar-refractivity contribution in [2.24, 2.45) is 0 Å². The van der Waals surface area contributed by atoms with Gasteiger partial charge in [-0.05, 0) is 81.3 Å². The summed E-state index contributed by atoms with van der Waals surface area (Å²) < 4.78 is 47.9. The van der Waals surface area contributed by atoms with E-state index in [4.69, 9.17) is 4.74 Å². The molecular weight excluding hydrogens is 533 g/mol. The number of amides is 2. The third-order valence-corrected chi connectivity index (χ3v) is 8.11. The third kappa shape index (κ3) is 7.59. The first-order valence-corrected chi connectivity index (χ1v) is 14.7. The molecule has 0 aromatic heterocycles. The number of ether oxygens (including phenoxy) is 1. The molecule has 8 nitrogen and oxygen atoms in total. The van der Waals surface area contributed by atoms with Crippen molar-refractivity contribution in [1.82, 2.24) is 10.2 Å². The van der Waals surface area contributed by atoms with Crippen molar-refractivity contribution in [3.8, 4) is 5.75 Å². The average molecular weight is 570 g/mol. The van der Waals surface area contributed by atoms with E-state index in [9.17, 15) is 22.4 Å². The Kier molecular flexibility index (Phi) is 10.7. The summed E-state index contributed by atoms with van der Waals surface area (Å²) in [5, 5.41) is 2.75. The number of carbonyl (C=O) groups is 2. The maximum absolute atomic E-state index is 13.9. The third-order valence-electron chi connectivity index (χ3n) is 6.33. The predicted molar refractivity (Wildman–Crippen MR) is 153 cm³/mol. The van der Waals surface area contributed by atoms with Crippen LogP contribution in [-0.4, -0.2) is 50.9 Å². The zero-order chi connectivity index (χ0) is 29.3. The van der Waals surface area contributed by atoms with Crippen molar-refractivity contribution < 1.29 is 27.1 Å². The number of aryl methyl sites for hydroxylation is 1. The number of carbonyl (C=O) groups excluding carboxylic acids is 2. The molecule has 10 heteroatoms. The van der Waals surface area contributed by atoms with Gasteiger partial charge in [-0.2, -0.15) is 0 Å². The van der Waals surface area contributed by atoms with Gasteiger partial charge in [-0.1, -0.05) is 36.8 Å². The molecule has 0 unspecified atom stereocenters. The highest BCUT2D eigenvalue weighted by atomic mass is 32.2. The van der Waals surface area contributed by atoms with Crippen LogP contribution in [0, 0.1) is 12.7 Å². The Labute approximate surface area is 235 Å². The van der Waals surface area contributed by atoms with Gasteiger partial charge in [0.2, 0.25) is 11.8 Å². The van der Waals surface area contributed by atoms with Gasteiger partial charge in [-0.15, -0.1) is 0 Å². The Morgan fingerprint density at radius 1 is 0.925 bits per heavy atom. The van der Waals surface area contributed by atoms with E-state index in [-0.39, 0.29) is 17.3 Å². The summed E-state index contributed by atoms with van der Waals surface area (Å²) in [6, 6.07) is 17.6. The fourth-order valence-electron chi connectivity index (χ4n) is 4.24. The molecule has 0 aliphatic carbocycles. The fraction of sp³-hybridized carbons (Fsp3) is 0.333. The standard InChI is InChI=1S/C30H36FN3O5S/c1-5-28(30(36)32-6-2)33(20-23-10-12-24(31)13-11-23)29(35)21-34(25-14-8-22(4)9-15-25)40(37,38)27-18-16-26(17-19-27)39-7-3/h8-19,28H,5-7,20-21H2,1-4H3,(H,32,36)/t28-/m0/s1. The normalized spacial score (nSPS) is 11.9. The van der Waals surface area contributed by atoms with E-state index in [1.807, 2.05) is 13.8 Å². The lowest BCUT2D eigenvalue weighted by Crippen LogP contribution is -2.52. The minimum absolute atomic E-state index is 0.000403. The van der Waals surface area contributed by atoms with Crippen molar-refractivity contribution >= 4 is 27.5 Å². The Morgan fingerprint density at radius 2 is 1.55 bits per heavy atom. The van der Waals surface area contributed by atoms with Crippen molar-refractivity contribution in [2.75, 3.05) is 24.0 Å². The summed E-state index contributed by atoms with van der Waals surface area (Å²) >= 11 is 0. The van der Waals surface area contributed by atoms with Crippen molar-refractivity contribution in [3.05, 3.63) is 89.7 Å². The second-order valence-electron chi connectivity index (χ2n) is 9.22. The fourth-order valence-corrected chi connectivity index (χ4v) is 5.65. The number of benzene rings is 3. The van der Waals surface area contributed by atoms with E-state index in [1.54, 1.807) is 50.2 Å². The zero-order valence-electron chi connectivity index (χ0n) is 23.3. The maximum atomic E-state index is 13.9. The van der Waals surface area contributed by atoms with Crippen LogP contribution >= 0.6 is 0 Å². The zero-order valence-corrected chi connectivity index (χ0v) is 24.1. The largest absolute Gasteiger partial charge is 0.494 e. The lowest BCUT2D eigenvalue weighted by atomic mass is 10.1. The first-order chi connectivity index (χ1) is 19.1. The molecule has 0 saturated carbocycles. The summed E-state index contributed by atoms with van der Waals surface area (Å²) in [4.78, 5) is 28.2. The number of hydrogen-bond acceptors (Lipinski definition) is 5. The highest BCUT2D eigenvalue weighted by molar-refractivity contribution is 7.92. The maximum Gasteiger partial charge on any atom is 0.264 e. The Bertz CT molecular complexity index is 1380. The molecule has 0 aliphatic heterocycles. The lowest BCUT2D eigenvalue weighted by molar-refractivity contribution is -0.140. The van der Waals surface area contributed by atoms with E-state index in [0.29, 0.717) is 36.6 Å². The molecule has 3 rings (SSSR count). The molecule has 214 valence electrons. The second kappa shape index (κ2) is 13.9. The van der Waals surface area contributed by atoms with Crippen LogP contribution < -0.4 is 14.4 Å². The van der Waals surface area contributed by atoms with Gasteiger partial charge >= 0.3 is 0 Å². The van der Waals surface area contributed by atoms with Crippen molar-refractivity contribution in [1.29, 1.82) is 0 Å². The predicted octanol–water partition coefficient (Wildman–Crippen LogP) is 4.67. The minimum Gasteiger partial charge on any atom is -0.494 e. The van der Waals surface area contributed by atoms with E-state index < -0.39 is 34.3 Å². The number of sulfonamides is 1. The molecule has 1 atom stereocenters. The number of likely N-dealkylation sites (N-methyl/N-ethyl adjacent to an activating group) is 1. The SMILES string of the molecule is CCNC(=O)[C@H](CC)N(Cc1ccc(F)cc1)C(=O)CN(c1ccc(C)cc1)S(=O)(=O)c1ccc(OCC)cc1. The average Bonchev–Trinajstić information content (AvgIpc) is 2.93. The van der Waals surface area contributed by atoms with Crippen LogP contribution in [0.3, 0.4) is 0 Å². The number of rotatable bonds is 13. The lowest BCUT2D eigenvalue weighted by Gasteiger charge is -2.33. The van der Waals surface area contributed by atoms with Crippen LogP contribution in [0.1, 0.15) is 38.3 Å². The first kappa shape index (κ1) is 30.6. The van der Waals surface area contributed by atoms with Crippen LogP contribution in [0.4, 0.5) is 10.1 Å². The van der Waals surface area contributed by atoms with Crippen LogP contribution in [0.5, 0.6) is 5.75 Å². The molecule has 0 radical (unpaired) electrons. The molecule has 0 fully saturated rings. The summed E-state index contributed by atoms with van der Waals surface area (Å²) in [5.41, 5.74) is 1.84. The monoisotopic (exact) mass is 569 g/mol. The number of hydrogen-bond donors (Lipinski definition) is 1. The van der Waals surface area contributed by atoms with Gasteiger partial charge in [-0.25, -0.2) is 12.8 Å². The Balaban J connectivity index is 2.04. The van der Waals surface area contributed by atoms with Gasteiger partial charge in [0.15, 0.2) is 0 Å². The Hall–Kier alpha value is -3.92. The number of nitrogens with zero attached hydrogens (tertiary/aromatic N) is 2. The van der Waals surface area contributed by atoms with E-state index >= 15 is 0 Å². The minimum atomic E-state index is -4.19. The molecule has 0 heterocycles. The summed E-state index contributed by atoms with van der Waals surface area (Å²) in [6.07, 6.45) is 0.301. The Morgan fingerprint density at radius 3 is 2.10 bits per heavy atom. The van der Waals surface area contributed by atoms with Gasteiger partial charge < -0.3 is 15.0 Å². The molecular formula is C30H36FN3O5S. The van der Waals surface area contributed by atoms with E-state index in [0.717, 1.165) is 9.87 Å². The molecule has 2 amide bonds. The van der Waals surface area contributed by atoms with Gasteiger partial charge in [0.05, 0.1) is 17.2 Å². The van der Waals surface area contributed by atoms with Crippen LogP contribution in [-0.2, 0) is 26.2 Å². The van der Waals surface area contributed by atoms with Crippen molar-refractivity contribution in [3.63, 3.8) is 0 Å². The van der Waals surface area contributed by atoms with Crippen LogP contribution in [0.2, 0.25) is 0 Å². The number of halogens is 1. The van der Waals surface area contributed by atoms with Gasteiger partial charge in [0, 0.05) is 13.1 Å². The highest BCUT2D eigenvalue weighted by Crippen LogP contribution is 2.26. The quantitative estimate of drug-likeness (QED) is 0.323. The van der Waals surface area contributed by atoms with E-state index in [1.165, 1.54) is 41.3 Å². The van der Waals surface area contributed by atoms with Gasteiger partial charge in [0.25, 0.3) is 10.0 Å². The highest BCUT2D eigenvalue weighted by Gasteiger charge is 2.33. The molecule has 3 aromatic rings. The van der Waals surface area contributed by atoms with Gasteiger partial charge in [-0.3, -0.25) is 13.9 Å². The molecule has 0 spiro atoms. The van der Waals surface area contributed by atoms with Crippen LogP contribution in [0.15, 0.2) is 77.7 Å². The molecule has 40 heavy (non-hydrogen) atoms. The summed E-state index contributed by atoms with van der Waals surface area (Å²) in [6.45, 7) is 7.52. The molecule has 1 N–H and O–H groups in total. The van der Waals surface area contributed by atoms with E-state index in [2.05, 4.69) is 5.32 Å². The van der Waals surface area contributed by atoms with Crippen molar-refractivity contribution in [2.45, 2.75) is 51.6 Å². The summed E-state index contributed by atoms with van der Waals surface area (Å²) in [5.74, 6) is -0.823. The molecule has 0 aliphatic rings. The molecule has 0 saturated heterocycles. The number of anilines is 1. The molecule has 0 bridgehead atoms. The molecule has 3 aromatic carbocycles. The first-order valence-electron chi connectivity index (χ1n) is 13.2.